The second-order valence-corrected chi connectivity index (χ2v) is 9.64. The Morgan fingerprint density at radius 1 is 0.833 bits per heavy atom. The normalized spacial score (nSPS) is 15.6. The van der Waals surface area contributed by atoms with Crippen LogP contribution in [0.5, 0.6) is 5.75 Å². The summed E-state index contributed by atoms with van der Waals surface area (Å²) >= 11 is 6.16. The maximum atomic E-state index is 6.16. The molecule has 36 heavy (non-hydrogen) atoms. The van der Waals surface area contributed by atoms with Crippen LogP contribution < -0.4 is 16.1 Å². The molecule has 0 aliphatic carbocycles. The molecule has 0 unspecified atom stereocenters. The Balaban J connectivity index is 1.20. The first-order chi connectivity index (χ1) is 17.7. The highest BCUT2D eigenvalue weighted by molar-refractivity contribution is 6.30. The largest absolute Gasteiger partial charge is 0.494 e. The van der Waals surface area contributed by atoms with Crippen molar-refractivity contribution >= 4 is 11.6 Å². The number of nitrogens with one attached hydrogen (secondary N) is 1. The number of rotatable bonds is 13. The molecule has 3 N–H and O–H groups in total. The highest BCUT2D eigenvalue weighted by atomic mass is 35.5. The highest BCUT2D eigenvalue weighted by Gasteiger charge is 2.26. The van der Waals surface area contributed by atoms with E-state index in [4.69, 9.17) is 22.2 Å². The second-order valence-electron chi connectivity index (χ2n) is 9.20. The van der Waals surface area contributed by atoms with Gasteiger partial charge in [0.25, 0.3) is 0 Å². The van der Waals surface area contributed by atoms with E-state index in [1.54, 1.807) is 0 Å². The summed E-state index contributed by atoms with van der Waals surface area (Å²) in [4.78, 5) is 9.51. The lowest BCUT2D eigenvalue weighted by molar-refractivity contribution is 0.0405. The van der Waals surface area contributed by atoms with Crippen LogP contribution in [0, 0.1) is 0 Å². The van der Waals surface area contributed by atoms with Crippen LogP contribution in [0.25, 0.3) is 0 Å². The number of nitrogens with zero attached hydrogens (tertiary/aromatic N) is 2. The number of benzene rings is 3. The molecule has 0 aromatic heterocycles. The second kappa shape index (κ2) is 14.3. The Morgan fingerprint density at radius 2 is 1.53 bits per heavy atom. The van der Waals surface area contributed by atoms with Crippen molar-refractivity contribution in [2.75, 3.05) is 45.9 Å². The molecule has 1 fully saturated rings. The molecule has 192 valence electrons. The quantitative estimate of drug-likeness (QED) is 0.254. The predicted octanol–water partition coefficient (Wildman–Crippen LogP) is 4.84. The van der Waals surface area contributed by atoms with Gasteiger partial charge < -0.3 is 9.64 Å². The van der Waals surface area contributed by atoms with E-state index in [1.165, 1.54) is 16.7 Å². The number of hydrogen-bond donors (Lipinski definition) is 2. The fourth-order valence-corrected chi connectivity index (χ4v) is 4.92. The van der Waals surface area contributed by atoms with Crippen LogP contribution >= 0.6 is 11.6 Å². The summed E-state index contributed by atoms with van der Waals surface area (Å²) in [5, 5.41) is 0.778. The van der Waals surface area contributed by atoms with Crippen molar-refractivity contribution < 1.29 is 9.68 Å². The average Bonchev–Trinajstić information content (AvgIpc) is 2.92. The third kappa shape index (κ3) is 8.03. The van der Waals surface area contributed by atoms with E-state index in [0.29, 0.717) is 0 Å². The van der Waals surface area contributed by atoms with E-state index < -0.39 is 0 Å². The van der Waals surface area contributed by atoms with Crippen molar-refractivity contribution in [3.8, 4) is 5.75 Å². The topological polar surface area (TPSA) is 63.0 Å². The van der Waals surface area contributed by atoms with Crippen LogP contribution in [0.2, 0.25) is 5.02 Å². The summed E-state index contributed by atoms with van der Waals surface area (Å²) in [5.41, 5.74) is 6.56. The first-order valence-corrected chi connectivity index (χ1v) is 13.2. The van der Waals surface area contributed by atoms with Gasteiger partial charge in [0.15, 0.2) is 0 Å². The molecular weight excluding hydrogens is 472 g/mol. The lowest BCUT2D eigenvalue weighted by Crippen LogP contribution is -2.48. The summed E-state index contributed by atoms with van der Waals surface area (Å²) in [6.45, 7) is 6.73. The molecule has 0 spiro atoms. The van der Waals surface area contributed by atoms with Crippen molar-refractivity contribution in [2.24, 2.45) is 5.90 Å². The van der Waals surface area contributed by atoms with E-state index in [1.807, 2.05) is 12.1 Å². The Hall–Kier alpha value is -2.45. The maximum Gasteiger partial charge on any atom is 0.119 e. The van der Waals surface area contributed by atoms with Crippen LogP contribution in [-0.2, 0) is 11.4 Å². The molecule has 1 aliphatic rings. The Morgan fingerprint density at radius 3 is 2.22 bits per heavy atom. The molecule has 7 heteroatoms. The molecule has 0 bridgehead atoms. The van der Waals surface area contributed by atoms with Crippen LogP contribution in [0.4, 0.5) is 0 Å². The lowest BCUT2D eigenvalue weighted by atomic mass is 9.96. The van der Waals surface area contributed by atoms with Crippen molar-refractivity contribution in [1.29, 1.82) is 0 Å². The van der Waals surface area contributed by atoms with Gasteiger partial charge in [-0.2, -0.15) is 11.4 Å². The zero-order valence-corrected chi connectivity index (χ0v) is 21.6. The van der Waals surface area contributed by atoms with Gasteiger partial charge in [-0.25, -0.2) is 4.94 Å². The molecule has 1 heterocycles. The molecule has 4 rings (SSSR count). The first-order valence-electron chi connectivity index (χ1n) is 12.8. The van der Waals surface area contributed by atoms with Crippen molar-refractivity contribution in [1.82, 2.24) is 15.3 Å². The zero-order valence-electron chi connectivity index (χ0n) is 20.8. The summed E-state index contributed by atoms with van der Waals surface area (Å²) in [5.74, 6) is 5.89. The van der Waals surface area contributed by atoms with E-state index in [2.05, 4.69) is 86.9 Å². The number of hydroxylamine groups is 1. The lowest BCUT2D eigenvalue weighted by Gasteiger charge is -2.39. The van der Waals surface area contributed by atoms with Crippen LogP contribution in [0.1, 0.15) is 35.6 Å². The number of aryl methyl sites for hydroxylation is 1. The van der Waals surface area contributed by atoms with Crippen LogP contribution in [0.3, 0.4) is 0 Å². The summed E-state index contributed by atoms with van der Waals surface area (Å²) in [7, 11) is 0. The standard InChI is InChI=1S/C29H37ClN4O2/c30-27-13-11-26(12-14-27)29(25-7-2-1-3-8-25)34-21-19-33(20-22-34)18-5-23-35-28-15-9-24(10-16-28)6-4-17-32-36-31/h1-3,7-16,29,32H,4-6,17-23,31H2/t29-/m1/s1. The van der Waals surface area contributed by atoms with Gasteiger partial charge in [0.2, 0.25) is 0 Å². The Labute approximate surface area is 219 Å². The van der Waals surface area contributed by atoms with Crippen molar-refractivity contribution in [3.63, 3.8) is 0 Å². The Kier molecular flexibility index (Phi) is 10.6. The zero-order chi connectivity index (χ0) is 25.0. The molecule has 0 saturated carbocycles. The molecule has 1 aliphatic heterocycles. The summed E-state index contributed by atoms with van der Waals surface area (Å²) in [6, 6.07) is 27.7. The van der Waals surface area contributed by atoms with Gasteiger partial charge in [-0.05, 0) is 60.2 Å². The third-order valence-corrected chi connectivity index (χ3v) is 6.96. The van der Waals surface area contributed by atoms with Crippen LogP contribution in [0.15, 0.2) is 78.9 Å². The summed E-state index contributed by atoms with van der Waals surface area (Å²) in [6.07, 6.45) is 2.97. The van der Waals surface area contributed by atoms with E-state index in [-0.39, 0.29) is 6.04 Å². The molecule has 6 nitrogen and oxygen atoms in total. The minimum atomic E-state index is 0.252. The first kappa shape index (κ1) is 26.6. The SMILES string of the molecule is NONCCCc1ccc(OCCCN2CCN([C@H](c3ccccc3)c3ccc(Cl)cc3)CC2)cc1. The van der Waals surface area contributed by atoms with Crippen LogP contribution in [-0.4, -0.2) is 55.7 Å². The van der Waals surface area contributed by atoms with Crippen molar-refractivity contribution in [2.45, 2.75) is 25.3 Å². The fourth-order valence-electron chi connectivity index (χ4n) is 4.79. The van der Waals surface area contributed by atoms with E-state index in [0.717, 1.165) is 75.9 Å². The number of nitrogens with two attached hydrogens (primary N) is 1. The molecule has 1 saturated heterocycles. The average molecular weight is 509 g/mol. The van der Waals surface area contributed by atoms with Gasteiger partial charge in [-0.3, -0.25) is 4.90 Å². The minimum absolute atomic E-state index is 0.252. The third-order valence-electron chi connectivity index (χ3n) is 6.71. The highest BCUT2D eigenvalue weighted by Crippen LogP contribution is 2.30. The van der Waals surface area contributed by atoms with Gasteiger partial charge in [0.1, 0.15) is 5.75 Å². The van der Waals surface area contributed by atoms with Gasteiger partial charge in [-0.15, -0.1) is 0 Å². The smallest absolute Gasteiger partial charge is 0.119 e. The van der Waals surface area contributed by atoms with E-state index >= 15 is 0 Å². The van der Waals surface area contributed by atoms with Gasteiger partial charge in [-0.1, -0.05) is 66.2 Å². The predicted molar refractivity (Wildman–Crippen MR) is 146 cm³/mol. The molecule has 3 aromatic carbocycles. The van der Waals surface area contributed by atoms with Gasteiger partial charge in [0, 0.05) is 44.3 Å². The number of halogens is 1. The minimum Gasteiger partial charge on any atom is -0.494 e. The molecule has 0 radical (unpaired) electrons. The molecular formula is C29H37ClN4O2. The monoisotopic (exact) mass is 508 g/mol. The fraction of sp³-hybridized carbons (Fsp3) is 0.379. The maximum absolute atomic E-state index is 6.16. The van der Waals surface area contributed by atoms with Gasteiger partial charge in [0.05, 0.1) is 12.6 Å². The van der Waals surface area contributed by atoms with E-state index in [9.17, 15) is 0 Å². The van der Waals surface area contributed by atoms with Crippen molar-refractivity contribution in [3.05, 3.63) is 101 Å². The Bertz CT molecular complexity index is 1010. The number of ether oxygens (including phenoxy) is 1. The molecule has 3 aromatic rings. The summed E-state index contributed by atoms with van der Waals surface area (Å²) < 4.78 is 5.98. The molecule has 1 atom stereocenters. The number of hydrogen-bond acceptors (Lipinski definition) is 6. The molecule has 0 amide bonds. The number of piperazine rings is 1. The van der Waals surface area contributed by atoms with Gasteiger partial charge >= 0.3 is 0 Å².